The topological polar surface area (TPSA) is 66.0 Å². The van der Waals surface area contributed by atoms with E-state index in [0.29, 0.717) is 10.9 Å². The van der Waals surface area contributed by atoms with Crippen LogP contribution in [0.5, 0.6) is 5.88 Å². The molecule has 0 bridgehead atoms. The molecule has 0 aliphatic heterocycles. The number of aromatic hydroxyl groups is 1. The van der Waals surface area contributed by atoms with Crippen LogP contribution in [0.4, 0.5) is 0 Å². The summed E-state index contributed by atoms with van der Waals surface area (Å²) in [6.45, 7) is 3.64. The molecular weight excluding hydrogens is 332 g/mol. The summed E-state index contributed by atoms with van der Waals surface area (Å²) < 4.78 is 0. The van der Waals surface area contributed by atoms with Crippen LogP contribution in [0.2, 0.25) is 0 Å². The van der Waals surface area contributed by atoms with Gasteiger partial charge in [0.1, 0.15) is 0 Å². The Kier molecular flexibility index (Phi) is 5.36. The van der Waals surface area contributed by atoms with Crippen LogP contribution in [0.15, 0.2) is 83.3 Å². The van der Waals surface area contributed by atoms with Crippen molar-refractivity contribution in [2.45, 2.75) is 11.1 Å². The number of benzene rings is 2. The lowest BCUT2D eigenvalue weighted by Gasteiger charge is -2.18. The molecule has 1 heterocycles. The molecule has 0 unspecified atom stereocenters. The van der Waals surface area contributed by atoms with E-state index >= 15 is 0 Å². The fourth-order valence-electron chi connectivity index (χ4n) is 2.73. The van der Waals surface area contributed by atoms with Crippen molar-refractivity contribution >= 4 is 11.8 Å². The van der Waals surface area contributed by atoms with Crippen LogP contribution in [0.25, 0.3) is 0 Å². The van der Waals surface area contributed by atoms with Gasteiger partial charge < -0.3 is 10.1 Å². The second kappa shape index (κ2) is 7.85. The second-order valence-electron chi connectivity index (χ2n) is 5.46. The number of aromatic nitrogens is 2. The highest BCUT2D eigenvalue weighted by atomic mass is 32.2. The number of H-pyrrole nitrogens is 1. The van der Waals surface area contributed by atoms with Crippen molar-refractivity contribution in [3.8, 4) is 5.88 Å². The van der Waals surface area contributed by atoms with Crippen molar-refractivity contribution in [1.29, 1.82) is 0 Å². The molecule has 0 atom stereocenters. The van der Waals surface area contributed by atoms with Crippen molar-refractivity contribution in [2.24, 2.45) is 0 Å². The molecule has 0 saturated carbocycles. The summed E-state index contributed by atoms with van der Waals surface area (Å²) >= 11 is 1.32. The maximum atomic E-state index is 12.7. The highest BCUT2D eigenvalue weighted by Gasteiger charge is 2.24. The highest BCUT2D eigenvalue weighted by molar-refractivity contribution is 7.99. The Hall–Kier alpha value is -2.79. The molecule has 0 radical (unpaired) electrons. The molecule has 0 saturated heterocycles. The van der Waals surface area contributed by atoms with Gasteiger partial charge in [-0.15, -0.1) is 6.58 Å². The third-order valence-electron chi connectivity index (χ3n) is 3.81. The summed E-state index contributed by atoms with van der Waals surface area (Å²) in [6.07, 6.45) is 1.71. The summed E-state index contributed by atoms with van der Waals surface area (Å²) in [7, 11) is 0. The van der Waals surface area contributed by atoms with Gasteiger partial charge >= 0.3 is 0 Å². The van der Waals surface area contributed by atoms with Crippen molar-refractivity contribution < 1.29 is 5.11 Å². The van der Waals surface area contributed by atoms with Gasteiger partial charge in [0, 0.05) is 11.7 Å². The summed E-state index contributed by atoms with van der Waals surface area (Å²) in [6, 6.07) is 19.3. The van der Waals surface area contributed by atoms with Gasteiger partial charge in [-0.2, -0.15) is 4.98 Å². The summed E-state index contributed by atoms with van der Waals surface area (Å²) in [5.74, 6) is -0.0344. The Morgan fingerprint density at radius 1 is 1.08 bits per heavy atom. The smallest absolute Gasteiger partial charge is 0.259 e. The van der Waals surface area contributed by atoms with Gasteiger partial charge in [-0.05, 0) is 11.1 Å². The van der Waals surface area contributed by atoms with E-state index in [1.807, 2.05) is 60.7 Å². The van der Waals surface area contributed by atoms with Crippen LogP contribution in [0.3, 0.4) is 0 Å². The maximum Gasteiger partial charge on any atom is 0.259 e. The quantitative estimate of drug-likeness (QED) is 0.401. The summed E-state index contributed by atoms with van der Waals surface area (Å²) in [5, 5.41) is 10.9. The van der Waals surface area contributed by atoms with Crippen LogP contribution in [-0.4, -0.2) is 20.8 Å². The number of aromatic amines is 1. The molecule has 0 amide bonds. The maximum absolute atomic E-state index is 12.7. The van der Waals surface area contributed by atoms with E-state index < -0.39 is 5.92 Å². The molecule has 25 heavy (non-hydrogen) atoms. The largest absolute Gasteiger partial charge is 0.493 e. The van der Waals surface area contributed by atoms with Crippen molar-refractivity contribution in [2.75, 3.05) is 5.75 Å². The molecule has 3 aromatic rings. The first kappa shape index (κ1) is 17.0. The minimum absolute atomic E-state index is 0.243. The average molecular weight is 350 g/mol. The SMILES string of the molecule is C=CCSc1nc(O)c(C(c2ccccc2)c2ccccc2)c(=O)[nH]1. The van der Waals surface area contributed by atoms with Crippen LogP contribution in [0.1, 0.15) is 22.6 Å². The number of hydrogen-bond acceptors (Lipinski definition) is 4. The number of thioether (sulfide) groups is 1. The minimum Gasteiger partial charge on any atom is -0.493 e. The minimum atomic E-state index is -0.392. The molecule has 0 fully saturated rings. The van der Waals surface area contributed by atoms with E-state index in [-0.39, 0.29) is 17.0 Å². The summed E-state index contributed by atoms with van der Waals surface area (Å²) in [5.41, 5.74) is 1.75. The van der Waals surface area contributed by atoms with Crippen molar-refractivity contribution in [3.63, 3.8) is 0 Å². The Morgan fingerprint density at radius 3 is 2.12 bits per heavy atom. The predicted octanol–water partition coefficient (Wildman–Crippen LogP) is 3.93. The third kappa shape index (κ3) is 3.83. The van der Waals surface area contributed by atoms with E-state index in [0.717, 1.165) is 11.1 Å². The zero-order valence-corrected chi connectivity index (χ0v) is 14.4. The number of rotatable bonds is 6. The van der Waals surface area contributed by atoms with Gasteiger partial charge in [-0.25, -0.2) is 0 Å². The molecule has 0 aliphatic rings. The first-order chi connectivity index (χ1) is 12.2. The molecule has 3 rings (SSSR count). The standard InChI is InChI=1S/C20H18N2O2S/c1-2-13-25-20-21-18(23)17(19(24)22-20)16(14-9-5-3-6-10-14)15-11-7-4-8-12-15/h2-12,16H,1,13H2,(H2,21,22,23,24). The van der Waals surface area contributed by atoms with Gasteiger partial charge in [-0.3, -0.25) is 4.79 Å². The first-order valence-corrected chi connectivity index (χ1v) is 8.86. The molecule has 2 aromatic carbocycles. The molecular formula is C20H18N2O2S. The van der Waals surface area contributed by atoms with E-state index in [1.54, 1.807) is 6.08 Å². The van der Waals surface area contributed by atoms with E-state index in [1.165, 1.54) is 11.8 Å². The first-order valence-electron chi connectivity index (χ1n) is 7.87. The molecule has 126 valence electrons. The van der Waals surface area contributed by atoms with Crippen LogP contribution < -0.4 is 5.56 Å². The third-order valence-corrected chi connectivity index (χ3v) is 4.67. The Bertz CT molecular complexity index is 868. The van der Waals surface area contributed by atoms with E-state index in [9.17, 15) is 9.90 Å². The van der Waals surface area contributed by atoms with Gasteiger partial charge in [0.25, 0.3) is 5.56 Å². The highest BCUT2D eigenvalue weighted by Crippen LogP contribution is 2.34. The van der Waals surface area contributed by atoms with Gasteiger partial charge in [-0.1, -0.05) is 78.5 Å². The monoisotopic (exact) mass is 350 g/mol. The fourth-order valence-corrected chi connectivity index (χ4v) is 3.33. The second-order valence-corrected chi connectivity index (χ2v) is 6.47. The number of hydrogen-bond donors (Lipinski definition) is 2. The Balaban J connectivity index is 2.14. The van der Waals surface area contributed by atoms with Gasteiger partial charge in [0.2, 0.25) is 5.88 Å². The molecule has 1 aromatic heterocycles. The molecule has 0 aliphatic carbocycles. The van der Waals surface area contributed by atoms with Crippen molar-refractivity contribution in [3.05, 3.63) is 100 Å². The summed E-state index contributed by atoms with van der Waals surface area (Å²) in [4.78, 5) is 19.6. The lowest BCUT2D eigenvalue weighted by molar-refractivity contribution is 0.434. The normalized spacial score (nSPS) is 10.8. The van der Waals surface area contributed by atoms with Gasteiger partial charge in [0.05, 0.1) is 5.56 Å². The fraction of sp³-hybridized carbons (Fsp3) is 0.100. The van der Waals surface area contributed by atoms with Crippen LogP contribution in [0, 0.1) is 0 Å². The van der Waals surface area contributed by atoms with Crippen LogP contribution >= 0.6 is 11.8 Å². The number of nitrogens with one attached hydrogen (secondary N) is 1. The molecule has 0 spiro atoms. The lowest BCUT2D eigenvalue weighted by Crippen LogP contribution is -2.20. The zero-order valence-electron chi connectivity index (χ0n) is 13.6. The molecule has 2 N–H and O–H groups in total. The van der Waals surface area contributed by atoms with E-state index in [2.05, 4.69) is 16.5 Å². The van der Waals surface area contributed by atoms with Crippen LogP contribution in [-0.2, 0) is 0 Å². The number of nitrogens with zero attached hydrogens (tertiary/aromatic N) is 1. The van der Waals surface area contributed by atoms with E-state index in [4.69, 9.17) is 0 Å². The van der Waals surface area contributed by atoms with Crippen molar-refractivity contribution in [1.82, 2.24) is 9.97 Å². The molecule has 5 heteroatoms. The lowest BCUT2D eigenvalue weighted by atomic mass is 9.86. The predicted molar refractivity (Wildman–Crippen MR) is 101 cm³/mol. The average Bonchev–Trinajstić information content (AvgIpc) is 2.64. The zero-order chi connectivity index (χ0) is 17.6. The Morgan fingerprint density at radius 2 is 1.64 bits per heavy atom. The Labute approximate surface area is 150 Å². The van der Waals surface area contributed by atoms with Gasteiger partial charge in [0.15, 0.2) is 5.16 Å². The molecule has 4 nitrogen and oxygen atoms in total.